The van der Waals surface area contributed by atoms with Gasteiger partial charge in [-0.3, -0.25) is 19.2 Å². The molecule has 3 aliphatic rings. The van der Waals surface area contributed by atoms with Crippen LogP contribution in [0.25, 0.3) is 0 Å². The highest BCUT2D eigenvalue weighted by atomic mass is 16.2. The molecule has 3 rings (SSSR count). The molecule has 2 aliphatic heterocycles. The lowest BCUT2D eigenvalue weighted by molar-refractivity contribution is -0.145. The number of aldehydes is 1. The molecule has 9 heteroatoms. The molecular weight excluding hydrogens is 412 g/mol. The maximum atomic E-state index is 13.5. The number of nitrogens with zero attached hydrogens (tertiary/aromatic N) is 1. The first-order valence-corrected chi connectivity index (χ1v) is 11.4. The van der Waals surface area contributed by atoms with Crippen LogP contribution in [0.3, 0.4) is 0 Å². The Bertz CT molecular complexity index is 818. The van der Waals surface area contributed by atoms with Crippen molar-refractivity contribution in [3.8, 4) is 0 Å². The lowest BCUT2D eigenvalue weighted by Gasteiger charge is -2.37. The van der Waals surface area contributed by atoms with E-state index in [1.807, 2.05) is 20.8 Å². The van der Waals surface area contributed by atoms with Crippen molar-refractivity contribution in [3.63, 3.8) is 0 Å². The largest absolute Gasteiger partial charge is 0.356 e. The highest BCUT2D eigenvalue weighted by Crippen LogP contribution is 2.65. The molecule has 0 spiro atoms. The first kappa shape index (κ1) is 24.2. The van der Waals surface area contributed by atoms with E-state index in [0.717, 1.165) is 0 Å². The third kappa shape index (κ3) is 4.52. The van der Waals surface area contributed by atoms with Crippen molar-refractivity contribution in [1.29, 1.82) is 0 Å². The molecular formula is C23H36N4O5. The molecule has 9 nitrogen and oxygen atoms in total. The zero-order valence-electron chi connectivity index (χ0n) is 19.9. The minimum Gasteiger partial charge on any atom is -0.356 e. The lowest BCUT2D eigenvalue weighted by atomic mass is 9.85. The highest BCUT2D eigenvalue weighted by Gasteiger charge is 2.69. The van der Waals surface area contributed by atoms with Crippen molar-refractivity contribution < 1.29 is 24.0 Å². The SMILES string of the molecule is CC(=O)N[C@H](C(=O)N1C[C@H]2[C@@H]([C@H]1C(=O)N[C@H](C=O)C[C@@H]1CCNC1=O)C2(C)C)C(C)(C)C. The topological polar surface area (TPSA) is 125 Å². The fourth-order valence-corrected chi connectivity index (χ4v) is 5.42. The van der Waals surface area contributed by atoms with Crippen LogP contribution in [0.15, 0.2) is 0 Å². The smallest absolute Gasteiger partial charge is 0.246 e. The Morgan fingerprint density at radius 3 is 2.41 bits per heavy atom. The summed E-state index contributed by atoms with van der Waals surface area (Å²) < 4.78 is 0. The fraction of sp³-hybridized carbons (Fsp3) is 0.783. The number of nitrogens with one attached hydrogen (secondary N) is 3. The highest BCUT2D eigenvalue weighted by molar-refractivity contribution is 5.94. The lowest BCUT2D eigenvalue weighted by Crippen LogP contribution is -2.59. The van der Waals surface area contributed by atoms with E-state index in [0.29, 0.717) is 25.8 Å². The molecule has 32 heavy (non-hydrogen) atoms. The predicted molar refractivity (Wildman–Crippen MR) is 117 cm³/mol. The average molecular weight is 449 g/mol. The van der Waals surface area contributed by atoms with Crippen molar-refractivity contribution in [3.05, 3.63) is 0 Å². The second kappa shape index (κ2) is 8.48. The molecule has 2 heterocycles. The van der Waals surface area contributed by atoms with E-state index in [1.165, 1.54) is 6.92 Å². The van der Waals surface area contributed by atoms with Gasteiger partial charge < -0.3 is 25.6 Å². The third-order valence-corrected chi connectivity index (χ3v) is 7.41. The Balaban J connectivity index is 1.78. The molecule has 2 saturated heterocycles. The van der Waals surface area contributed by atoms with Crippen molar-refractivity contribution >= 4 is 29.9 Å². The van der Waals surface area contributed by atoms with Gasteiger partial charge in [-0.1, -0.05) is 34.6 Å². The van der Waals surface area contributed by atoms with Crippen LogP contribution in [0.5, 0.6) is 0 Å². The van der Waals surface area contributed by atoms with Gasteiger partial charge >= 0.3 is 0 Å². The number of likely N-dealkylation sites (tertiary alicyclic amines) is 1. The number of carbonyl (C=O) groups excluding carboxylic acids is 5. The van der Waals surface area contributed by atoms with E-state index in [1.54, 1.807) is 4.90 Å². The average Bonchev–Trinajstić information content (AvgIpc) is 3.05. The summed E-state index contributed by atoms with van der Waals surface area (Å²) in [5.74, 6) is -1.18. The molecule has 3 fully saturated rings. The molecule has 178 valence electrons. The Hall–Kier alpha value is -2.45. The molecule has 0 radical (unpaired) electrons. The molecule has 0 aromatic rings. The van der Waals surface area contributed by atoms with Gasteiger partial charge in [0.2, 0.25) is 23.6 Å². The van der Waals surface area contributed by atoms with Crippen LogP contribution in [0.4, 0.5) is 0 Å². The van der Waals surface area contributed by atoms with Crippen molar-refractivity contribution in [2.75, 3.05) is 13.1 Å². The van der Waals surface area contributed by atoms with E-state index in [4.69, 9.17) is 0 Å². The van der Waals surface area contributed by atoms with E-state index in [2.05, 4.69) is 29.8 Å². The maximum absolute atomic E-state index is 13.5. The second-order valence-corrected chi connectivity index (χ2v) is 11.2. The Kier molecular flexibility index (Phi) is 6.41. The summed E-state index contributed by atoms with van der Waals surface area (Å²) in [6.07, 6.45) is 1.54. The molecule has 1 saturated carbocycles. The number of carbonyl (C=O) groups is 5. The van der Waals surface area contributed by atoms with E-state index < -0.39 is 23.5 Å². The molecule has 0 unspecified atom stereocenters. The standard InChI is InChI=1S/C23H36N4O5/c1-12(29)25-18(22(2,3)4)21(32)27-10-15-16(23(15,5)6)17(27)20(31)26-14(11-28)9-13-7-8-24-19(13)30/h11,13-18H,7-10H2,1-6H3,(H,24,30)(H,25,29)(H,26,31)/t13-,14-,15-,16-,17-,18+/m0/s1. The van der Waals surface area contributed by atoms with Gasteiger partial charge in [0.05, 0.1) is 6.04 Å². The normalized spacial score (nSPS) is 30.1. The first-order chi connectivity index (χ1) is 14.8. The fourth-order valence-electron chi connectivity index (χ4n) is 5.42. The summed E-state index contributed by atoms with van der Waals surface area (Å²) in [4.78, 5) is 63.7. The number of hydrogen-bond donors (Lipinski definition) is 3. The molecule has 0 aromatic carbocycles. The minimum absolute atomic E-state index is 0.00789. The Morgan fingerprint density at radius 1 is 1.25 bits per heavy atom. The molecule has 0 aromatic heterocycles. The summed E-state index contributed by atoms with van der Waals surface area (Å²) in [6.45, 7) is 12.2. The van der Waals surface area contributed by atoms with Gasteiger partial charge in [-0.2, -0.15) is 0 Å². The number of amides is 4. The maximum Gasteiger partial charge on any atom is 0.246 e. The van der Waals surface area contributed by atoms with Crippen LogP contribution < -0.4 is 16.0 Å². The molecule has 6 atom stereocenters. The van der Waals surface area contributed by atoms with Gasteiger partial charge in [0.15, 0.2) is 0 Å². The summed E-state index contributed by atoms with van der Waals surface area (Å²) in [5.41, 5.74) is -0.612. The van der Waals surface area contributed by atoms with Crippen LogP contribution in [0.2, 0.25) is 0 Å². The number of rotatable bonds is 7. The number of fused-ring (bicyclic) bond motifs is 1. The predicted octanol–water partition coefficient (Wildman–Crippen LogP) is 0.230. The van der Waals surface area contributed by atoms with E-state index >= 15 is 0 Å². The zero-order valence-corrected chi connectivity index (χ0v) is 19.9. The number of piperidine rings is 1. The van der Waals surface area contributed by atoms with E-state index in [9.17, 15) is 24.0 Å². The Labute approximate surface area is 189 Å². The van der Waals surface area contributed by atoms with Crippen molar-refractivity contribution in [2.24, 2.45) is 28.6 Å². The molecule has 4 amide bonds. The van der Waals surface area contributed by atoms with Crippen LogP contribution in [-0.4, -0.2) is 66.0 Å². The molecule has 3 N–H and O–H groups in total. The number of hydrogen-bond acceptors (Lipinski definition) is 5. The quantitative estimate of drug-likeness (QED) is 0.481. The van der Waals surface area contributed by atoms with Gasteiger partial charge in [-0.05, 0) is 35.5 Å². The van der Waals surface area contributed by atoms with Gasteiger partial charge in [-0.15, -0.1) is 0 Å². The van der Waals surface area contributed by atoms with E-state index in [-0.39, 0.29) is 53.2 Å². The summed E-state index contributed by atoms with van der Waals surface area (Å²) in [6, 6.07) is -2.26. The van der Waals surface area contributed by atoms with Gasteiger partial charge in [0.1, 0.15) is 18.4 Å². The summed E-state index contributed by atoms with van der Waals surface area (Å²) in [5, 5.41) is 8.28. The van der Waals surface area contributed by atoms with Crippen LogP contribution in [0, 0.1) is 28.6 Å². The van der Waals surface area contributed by atoms with Crippen molar-refractivity contribution in [2.45, 2.75) is 72.5 Å². The van der Waals surface area contributed by atoms with Crippen LogP contribution in [-0.2, 0) is 24.0 Å². The summed E-state index contributed by atoms with van der Waals surface area (Å²) >= 11 is 0. The zero-order chi connectivity index (χ0) is 24.0. The van der Waals surface area contributed by atoms with Gasteiger partial charge in [0, 0.05) is 25.9 Å². The second-order valence-electron chi connectivity index (χ2n) is 11.2. The molecule has 1 aliphatic carbocycles. The first-order valence-electron chi connectivity index (χ1n) is 11.4. The molecule has 0 bridgehead atoms. The monoisotopic (exact) mass is 448 g/mol. The van der Waals surface area contributed by atoms with Gasteiger partial charge in [0.25, 0.3) is 0 Å². The Morgan fingerprint density at radius 2 is 1.91 bits per heavy atom. The van der Waals surface area contributed by atoms with Crippen LogP contribution in [0.1, 0.15) is 54.4 Å². The summed E-state index contributed by atoms with van der Waals surface area (Å²) in [7, 11) is 0. The van der Waals surface area contributed by atoms with Crippen molar-refractivity contribution in [1.82, 2.24) is 20.9 Å². The third-order valence-electron chi connectivity index (χ3n) is 7.41. The van der Waals surface area contributed by atoms with Gasteiger partial charge in [-0.25, -0.2) is 0 Å². The van der Waals surface area contributed by atoms with Crippen LogP contribution >= 0.6 is 0 Å². The minimum atomic E-state index is -0.789.